The topological polar surface area (TPSA) is 79.8 Å². The van der Waals surface area contributed by atoms with E-state index < -0.39 is 0 Å². The van der Waals surface area contributed by atoms with Gasteiger partial charge in [-0.1, -0.05) is 18.2 Å². The van der Waals surface area contributed by atoms with Crippen LogP contribution in [-0.4, -0.2) is 21.1 Å². The second kappa shape index (κ2) is 5.54. The number of carbonyl (C=O) groups excluding carboxylic acids is 1. The minimum absolute atomic E-state index is 0.178. The van der Waals surface area contributed by atoms with Gasteiger partial charge in [0.2, 0.25) is 5.91 Å². The van der Waals surface area contributed by atoms with Crippen molar-refractivity contribution in [2.45, 2.75) is 6.92 Å². The first-order chi connectivity index (χ1) is 10.2. The lowest BCUT2D eigenvalue weighted by molar-refractivity contribution is -0.114. The maximum absolute atomic E-state index is 10.9. The van der Waals surface area contributed by atoms with Gasteiger partial charge in [0.05, 0.1) is 11.2 Å². The summed E-state index contributed by atoms with van der Waals surface area (Å²) in [5.74, 6) is 0.828. The standard InChI is InChI=1S/C15H13N5O/c1-10(21)17-13-7-8-14(20-19-13)18-12-6-2-4-11-5-3-9-16-15(11)12/h2-9H,1H3,(H,18,20)(H,17,19,21). The van der Waals surface area contributed by atoms with Crippen molar-refractivity contribution in [3.8, 4) is 0 Å². The molecule has 2 N–H and O–H groups in total. The summed E-state index contributed by atoms with van der Waals surface area (Å²) in [6, 6.07) is 13.2. The SMILES string of the molecule is CC(=O)Nc1ccc(Nc2cccc3cccnc23)nn1. The highest BCUT2D eigenvalue weighted by Crippen LogP contribution is 2.23. The Morgan fingerprint density at radius 2 is 1.76 bits per heavy atom. The van der Waals surface area contributed by atoms with E-state index in [1.807, 2.05) is 30.3 Å². The minimum atomic E-state index is -0.178. The molecule has 3 rings (SSSR count). The molecule has 0 atom stereocenters. The third-order valence-electron chi connectivity index (χ3n) is 2.86. The lowest BCUT2D eigenvalue weighted by Crippen LogP contribution is -2.08. The van der Waals surface area contributed by atoms with Gasteiger partial charge in [-0.15, -0.1) is 10.2 Å². The summed E-state index contributed by atoms with van der Waals surface area (Å²) in [5.41, 5.74) is 1.72. The number of hydrogen-bond acceptors (Lipinski definition) is 5. The Labute approximate surface area is 121 Å². The molecule has 0 radical (unpaired) electrons. The summed E-state index contributed by atoms with van der Waals surface area (Å²) in [4.78, 5) is 15.3. The summed E-state index contributed by atoms with van der Waals surface area (Å²) in [7, 11) is 0. The van der Waals surface area contributed by atoms with Crippen LogP contribution in [-0.2, 0) is 4.79 Å². The monoisotopic (exact) mass is 279 g/mol. The number of amides is 1. The Kier molecular flexibility index (Phi) is 3.42. The number of pyridine rings is 1. The number of anilines is 3. The van der Waals surface area contributed by atoms with Gasteiger partial charge < -0.3 is 10.6 Å². The second-order valence-electron chi connectivity index (χ2n) is 4.49. The zero-order valence-electron chi connectivity index (χ0n) is 11.4. The highest BCUT2D eigenvalue weighted by atomic mass is 16.1. The van der Waals surface area contributed by atoms with Gasteiger partial charge in [-0.25, -0.2) is 0 Å². The van der Waals surface area contributed by atoms with Crippen LogP contribution < -0.4 is 10.6 Å². The fourth-order valence-electron chi connectivity index (χ4n) is 1.99. The van der Waals surface area contributed by atoms with Crippen molar-refractivity contribution in [2.24, 2.45) is 0 Å². The van der Waals surface area contributed by atoms with E-state index in [1.165, 1.54) is 6.92 Å². The maximum Gasteiger partial charge on any atom is 0.222 e. The van der Waals surface area contributed by atoms with Gasteiger partial charge in [-0.3, -0.25) is 9.78 Å². The van der Waals surface area contributed by atoms with E-state index in [-0.39, 0.29) is 5.91 Å². The molecule has 0 aliphatic carbocycles. The first-order valence-corrected chi connectivity index (χ1v) is 6.44. The largest absolute Gasteiger partial charge is 0.337 e. The van der Waals surface area contributed by atoms with Gasteiger partial charge >= 0.3 is 0 Å². The molecule has 0 aliphatic heterocycles. The number of benzene rings is 1. The van der Waals surface area contributed by atoms with Crippen LogP contribution in [0.25, 0.3) is 10.9 Å². The van der Waals surface area contributed by atoms with Crippen molar-refractivity contribution in [3.05, 3.63) is 48.7 Å². The molecule has 0 bridgehead atoms. The number of fused-ring (bicyclic) bond motifs is 1. The van der Waals surface area contributed by atoms with E-state index in [4.69, 9.17) is 0 Å². The van der Waals surface area contributed by atoms with E-state index >= 15 is 0 Å². The smallest absolute Gasteiger partial charge is 0.222 e. The van der Waals surface area contributed by atoms with Crippen molar-refractivity contribution < 1.29 is 4.79 Å². The number of carbonyl (C=O) groups is 1. The molecule has 21 heavy (non-hydrogen) atoms. The molecule has 0 saturated heterocycles. The van der Waals surface area contributed by atoms with Crippen LogP contribution in [0.4, 0.5) is 17.3 Å². The highest BCUT2D eigenvalue weighted by molar-refractivity contribution is 5.91. The van der Waals surface area contributed by atoms with Gasteiger partial charge in [-0.05, 0) is 24.3 Å². The summed E-state index contributed by atoms with van der Waals surface area (Å²) < 4.78 is 0. The van der Waals surface area contributed by atoms with Crippen LogP contribution in [0.2, 0.25) is 0 Å². The molecule has 0 fully saturated rings. The lowest BCUT2D eigenvalue weighted by Gasteiger charge is -2.08. The third-order valence-corrected chi connectivity index (χ3v) is 2.86. The van der Waals surface area contributed by atoms with Crippen LogP contribution in [0.15, 0.2) is 48.7 Å². The first kappa shape index (κ1) is 13.0. The number of nitrogens with zero attached hydrogens (tertiary/aromatic N) is 3. The number of para-hydroxylation sites is 1. The molecule has 1 aromatic carbocycles. The van der Waals surface area contributed by atoms with E-state index in [2.05, 4.69) is 25.8 Å². The predicted octanol–water partition coefficient (Wildman–Crippen LogP) is 2.73. The van der Waals surface area contributed by atoms with E-state index in [1.54, 1.807) is 18.3 Å². The highest BCUT2D eigenvalue weighted by Gasteiger charge is 2.04. The van der Waals surface area contributed by atoms with E-state index in [0.29, 0.717) is 11.6 Å². The fraction of sp³-hybridized carbons (Fsp3) is 0.0667. The van der Waals surface area contributed by atoms with Gasteiger partial charge in [0.1, 0.15) is 0 Å². The van der Waals surface area contributed by atoms with Gasteiger partial charge in [-0.2, -0.15) is 0 Å². The molecule has 3 aromatic rings. The molecular formula is C15H13N5O. The quantitative estimate of drug-likeness (QED) is 0.770. The Morgan fingerprint density at radius 3 is 2.52 bits per heavy atom. The minimum Gasteiger partial charge on any atom is -0.337 e. The summed E-state index contributed by atoms with van der Waals surface area (Å²) in [5, 5.41) is 14.8. The molecule has 6 heteroatoms. The summed E-state index contributed by atoms with van der Waals surface area (Å²) in [6.45, 7) is 1.43. The Bertz CT molecular complexity index is 780. The predicted molar refractivity (Wildman–Crippen MR) is 81.4 cm³/mol. The van der Waals surface area contributed by atoms with E-state index in [0.717, 1.165) is 16.6 Å². The number of nitrogens with one attached hydrogen (secondary N) is 2. The zero-order chi connectivity index (χ0) is 14.7. The molecule has 6 nitrogen and oxygen atoms in total. The molecule has 0 aliphatic rings. The molecule has 2 heterocycles. The molecule has 2 aromatic heterocycles. The van der Waals surface area contributed by atoms with Gasteiger partial charge in [0.15, 0.2) is 11.6 Å². The maximum atomic E-state index is 10.9. The Morgan fingerprint density at radius 1 is 1.00 bits per heavy atom. The van der Waals surface area contributed by atoms with Crippen LogP contribution in [0, 0.1) is 0 Å². The van der Waals surface area contributed by atoms with Gasteiger partial charge in [0, 0.05) is 18.5 Å². The van der Waals surface area contributed by atoms with Crippen molar-refractivity contribution in [2.75, 3.05) is 10.6 Å². The number of rotatable bonds is 3. The normalized spacial score (nSPS) is 10.3. The zero-order valence-corrected chi connectivity index (χ0v) is 11.4. The summed E-state index contributed by atoms with van der Waals surface area (Å²) >= 11 is 0. The summed E-state index contributed by atoms with van der Waals surface area (Å²) in [6.07, 6.45) is 1.75. The Hall–Kier alpha value is -3.02. The lowest BCUT2D eigenvalue weighted by atomic mass is 10.2. The van der Waals surface area contributed by atoms with Crippen molar-refractivity contribution in [3.63, 3.8) is 0 Å². The molecular weight excluding hydrogens is 266 g/mol. The van der Waals surface area contributed by atoms with Crippen LogP contribution >= 0.6 is 0 Å². The van der Waals surface area contributed by atoms with Gasteiger partial charge in [0.25, 0.3) is 0 Å². The van der Waals surface area contributed by atoms with Crippen molar-refractivity contribution in [1.82, 2.24) is 15.2 Å². The van der Waals surface area contributed by atoms with Crippen molar-refractivity contribution in [1.29, 1.82) is 0 Å². The second-order valence-corrected chi connectivity index (χ2v) is 4.49. The van der Waals surface area contributed by atoms with Crippen LogP contribution in [0.5, 0.6) is 0 Å². The third kappa shape index (κ3) is 2.94. The molecule has 0 saturated carbocycles. The molecule has 0 spiro atoms. The Balaban J connectivity index is 1.87. The van der Waals surface area contributed by atoms with Crippen LogP contribution in [0.3, 0.4) is 0 Å². The van der Waals surface area contributed by atoms with Crippen LogP contribution in [0.1, 0.15) is 6.92 Å². The molecule has 1 amide bonds. The number of aromatic nitrogens is 3. The first-order valence-electron chi connectivity index (χ1n) is 6.44. The van der Waals surface area contributed by atoms with Crippen molar-refractivity contribution >= 4 is 34.1 Å². The fourth-order valence-corrected chi connectivity index (χ4v) is 1.99. The van der Waals surface area contributed by atoms with E-state index in [9.17, 15) is 4.79 Å². The average Bonchev–Trinajstić information content (AvgIpc) is 2.49. The number of hydrogen-bond donors (Lipinski definition) is 2. The molecule has 0 unspecified atom stereocenters. The molecule has 104 valence electrons. The average molecular weight is 279 g/mol.